The molecule has 8 nitrogen and oxygen atoms in total. The maximum atomic E-state index is 12.6. The molecule has 26 heavy (non-hydrogen) atoms. The highest BCUT2D eigenvalue weighted by molar-refractivity contribution is 5.97. The van der Waals surface area contributed by atoms with Crippen LogP contribution in [0.2, 0.25) is 0 Å². The Kier molecular flexibility index (Phi) is 4.32. The minimum atomic E-state index is -0.0401. The number of amides is 2. The first kappa shape index (κ1) is 16.6. The summed E-state index contributed by atoms with van der Waals surface area (Å²) in [5.41, 5.74) is 1.36. The highest BCUT2D eigenvalue weighted by Crippen LogP contribution is 2.26. The van der Waals surface area contributed by atoms with Crippen molar-refractivity contribution in [3.8, 4) is 5.75 Å². The summed E-state index contributed by atoms with van der Waals surface area (Å²) in [5.74, 6) is 0.720. The summed E-state index contributed by atoms with van der Waals surface area (Å²) in [6.45, 7) is 2.47. The molecule has 8 heteroatoms. The maximum absolute atomic E-state index is 12.6. The Morgan fingerprint density at radius 2 is 2.12 bits per heavy atom. The fraction of sp³-hybridized carbons (Fsp3) is 0.444. The van der Waals surface area contributed by atoms with Gasteiger partial charge in [0.2, 0.25) is 5.91 Å². The first-order chi connectivity index (χ1) is 12.7. The van der Waals surface area contributed by atoms with Gasteiger partial charge in [-0.05, 0) is 18.6 Å². The molecule has 2 fully saturated rings. The third-order valence-corrected chi connectivity index (χ3v) is 4.94. The van der Waals surface area contributed by atoms with E-state index >= 15 is 0 Å². The molecule has 4 rings (SSSR count). The molecule has 0 unspecified atom stereocenters. The minimum absolute atomic E-state index is 0.0401. The lowest BCUT2D eigenvalue weighted by atomic mass is 10.1. The molecular weight excluding hydrogens is 334 g/mol. The van der Waals surface area contributed by atoms with Crippen molar-refractivity contribution in [3.05, 3.63) is 41.7 Å². The summed E-state index contributed by atoms with van der Waals surface area (Å²) in [4.78, 5) is 27.9. The monoisotopic (exact) mass is 355 g/mol. The van der Waals surface area contributed by atoms with E-state index < -0.39 is 0 Å². The van der Waals surface area contributed by atoms with Crippen LogP contribution in [0.1, 0.15) is 34.9 Å². The predicted octanol–water partition coefficient (Wildman–Crippen LogP) is 1.11. The molecule has 0 atom stereocenters. The number of ether oxygens (including phenoxy) is 1. The van der Waals surface area contributed by atoms with Crippen LogP contribution < -0.4 is 4.74 Å². The standard InChI is InChI=1S/C18H21N5O3/c1-26-16-6-3-2-5-15(16)18(25)22-11-14(12-22)23-10-13(19-20-23)9-21-8-4-7-17(21)24/h2-3,5-6,10,14H,4,7-9,11-12H2,1H3. The normalized spacial score (nSPS) is 17.5. The number of benzene rings is 1. The highest BCUT2D eigenvalue weighted by Gasteiger charge is 2.34. The summed E-state index contributed by atoms with van der Waals surface area (Å²) in [6, 6.07) is 7.35. The van der Waals surface area contributed by atoms with Crippen LogP contribution in [0.4, 0.5) is 0 Å². The number of aromatic nitrogens is 3. The van der Waals surface area contributed by atoms with Gasteiger partial charge in [-0.3, -0.25) is 9.59 Å². The first-order valence-corrected chi connectivity index (χ1v) is 8.76. The van der Waals surface area contributed by atoms with E-state index in [2.05, 4.69) is 10.3 Å². The largest absolute Gasteiger partial charge is 0.496 e. The van der Waals surface area contributed by atoms with Gasteiger partial charge in [0.05, 0.1) is 31.5 Å². The van der Waals surface area contributed by atoms with Crippen LogP contribution in [-0.2, 0) is 11.3 Å². The molecule has 136 valence electrons. The summed E-state index contributed by atoms with van der Waals surface area (Å²) < 4.78 is 7.06. The van der Waals surface area contributed by atoms with Crippen LogP contribution >= 0.6 is 0 Å². The van der Waals surface area contributed by atoms with E-state index in [1.807, 2.05) is 23.2 Å². The Balaban J connectivity index is 1.36. The topological polar surface area (TPSA) is 80.6 Å². The lowest BCUT2D eigenvalue weighted by Gasteiger charge is -2.39. The molecule has 0 saturated carbocycles. The second-order valence-corrected chi connectivity index (χ2v) is 6.67. The van der Waals surface area contributed by atoms with Crippen molar-refractivity contribution < 1.29 is 14.3 Å². The second-order valence-electron chi connectivity index (χ2n) is 6.67. The molecule has 2 aliphatic rings. The minimum Gasteiger partial charge on any atom is -0.496 e. The van der Waals surface area contributed by atoms with Crippen LogP contribution in [0.25, 0.3) is 0 Å². The number of carbonyl (C=O) groups excluding carboxylic acids is 2. The molecular formula is C18H21N5O3. The van der Waals surface area contributed by atoms with E-state index in [9.17, 15) is 9.59 Å². The lowest BCUT2D eigenvalue weighted by Crippen LogP contribution is -2.51. The SMILES string of the molecule is COc1ccccc1C(=O)N1CC(n2cc(CN3CCCC3=O)nn2)C1. The van der Waals surface area contributed by atoms with Gasteiger partial charge in [0.1, 0.15) is 11.4 Å². The van der Waals surface area contributed by atoms with Gasteiger partial charge >= 0.3 is 0 Å². The number of hydrogen-bond donors (Lipinski definition) is 0. The average molecular weight is 355 g/mol. The van der Waals surface area contributed by atoms with Crippen LogP contribution in [0.5, 0.6) is 5.75 Å². The van der Waals surface area contributed by atoms with Crippen LogP contribution in [0, 0.1) is 0 Å². The van der Waals surface area contributed by atoms with E-state index in [1.165, 1.54) is 0 Å². The number of para-hydroxylation sites is 1. The van der Waals surface area contributed by atoms with Gasteiger partial charge in [0, 0.05) is 26.1 Å². The smallest absolute Gasteiger partial charge is 0.257 e. The molecule has 0 radical (unpaired) electrons. The van der Waals surface area contributed by atoms with Crippen molar-refractivity contribution >= 4 is 11.8 Å². The van der Waals surface area contributed by atoms with Gasteiger partial charge in [-0.2, -0.15) is 0 Å². The Hall–Kier alpha value is -2.90. The summed E-state index contributed by atoms with van der Waals surface area (Å²) in [6.07, 6.45) is 3.41. The van der Waals surface area contributed by atoms with Crippen molar-refractivity contribution in [2.24, 2.45) is 0 Å². The second kappa shape index (κ2) is 6.78. The van der Waals surface area contributed by atoms with Gasteiger partial charge < -0.3 is 14.5 Å². The predicted molar refractivity (Wildman–Crippen MR) is 92.6 cm³/mol. The molecule has 2 saturated heterocycles. The zero-order valence-corrected chi connectivity index (χ0v) is 14.7. The molecule has 2 aromatic rings. The van der Waals surface area contributed by atoms with Crippen molar-refractivity contribution in [1.29, 1.82) is 0 Å². The van der Waals surface area contributed by atoms with Crippen LogP contribution in [-0.4, -0.2) is 63.4 Å². The van der Waals surface area contributed by atoms with E-state index in [-0.39, 0.29) is 17.9 Å². The maximum Gasteiger partial charge on any atom is 0.257 e. The number of likely N-dealkylation sites (tertiary alicyclic amines) is 2. The van der Waals surface area contributed by atoms with Crippen LogP contribution in [0.15, 0.2) is 30.5 Å². The van der Waals surface area contributed by atoms with E-state index in [4.69, 9.17) is 4.74 Å². The third kappa shape index (κ3) is 3.02. The number of hydrogen-bond acceptors (Lipinski definition) is 5. The lowest BCUT2D eigenvalue weighted by molar-refractivity contribution is -0.128. The Bertz CT molecular complexity index is 828. The Morgan fingerprint density at radius 1 is 1.31 bits per heavy atom. The van der Waals surface area contributed by atoms with E-state index in [0.717, 1.165) is 18.7 Å². The van der Waals surface area contributed by atoms with Crippen molar-refractivity contribution in [2.75, 3.05) is 26.7 Å². The summed E-state index contributed by atoms with van der Waals surface area (Å²) in [7, 11) is 1.56. The molecule has 2 aliphatic heterocycles. The number of rotatable bonds is 5. The van der Waals surface area contributed by atoms with Gasteiger partial charge in [-0.15, -0.1) is 5.10 Å². The zero-order chi connectivity index (χ0) is 18.1. The molecule has 0 aliphatic carbocycles. The fourth-order valence-corrected chi connectivity index (χ4v) is 3.41. The fourth-order valence-electron chi connectivity index (χ4n) is 3.41. The summed E-state index contributed by atoms with van der Waals surface area (Å²) in [5, 5.41) is 8.34. The molecule has 3 heterocycles. The van der Waals surface area contributed by atoms with Crippen molar-refractivity contribution in [2.45, 2.75) is 25.4 Å². The van der Waals surface area contributed by atoms with Gasteiger partial charge in [-0.1, -0.05) is 17.3 Å². The Morgan fingerprint density at radius 3 is 2.85 bits per heavy atom. The Labute approximate surface area is 151 Å². The number of carbonyl (C=O) groups is 2. The quantitative estimate of drug-likeness (QED) is 0.802. The van der Waals surface area contributed by atoms with E-state index in [0.29, 0.717) is 37.4 Å². The highest BCUT2D eigenvalue weighted by atomic mass is 16.5. The van der Waals surface area contributed by atoms with Crippen LogP contribution in [0.3, 0.4) is 0 Å². The van der Waals surface area contributed by atoms with Gasteiger partial charge in [-0.25, -0.2) is 4.68 Å². The van der Waals surface area contributed by atoms with Gasteiger partial charge in [0.25, 0.3) is 5.91 Å². The number of methoxy groups -OCH3 is 1. The first-order valence-electron chi connectivity index (χ1n) is 8.76. The molecule has 0 N–H and O–H groups in total. The third-order valence-electron chi connectivity index (χ3n) is 4.94. The van der Waals surface area contributed by atoms with Gasteiger partial charge in [0.15, 0.2) is 0 Å². The molecule has 1 aromatic carbocycles. The average Bonchev–Trinajstić information content (AvgIpc) is 3.23. The van der Waals surface area contributed by atoms with Crippen molar-refractivity contribution in [3.63, 3.8) is 0 Å². The molecule has 0 bridgehead atoms. The molecule has 2 amide bonds. The van der Waals surface area contributed by atoms with E-state index in [1.54, 1.807) is 28.8 Å². The zero-order valence-electron chi connectivity index (χ0n) is 14.7. The van der Waals surface area contributed by atoms with Crippen molar-refractivity contribution in [1.82, 2.24) is 24.8 Å². The molecule has 0 spiro atoms. The molecule has 1 aromatic heterocycles. The summed E-state index contributed by atoms with van der Waals surface area (Å²) >= 11 is 0. The number of nitrogens with zero attached hydrogens (tertiary/aromatic N) is 5.